The average Bonchev–Trinajstić information content (AvgIpc) is 2.54. The van der Waals surface area contributed by atoms with Crippen LogP contribution in [-0.4, -0.2) is 18.1 Å². The van der Waals surface area contributed by atoms with Gasteiger partial charge in [0.05, 0.1) is 23.9 Å². The van der Waals surface area contributed by atoms with E-state index >= 15 is 0 Å². The van der Waals surface area contributed by atoms with Crippen LogP contribution < -0.4 is 0 Å². The molecule has 0 saturated carbocycles. The minimum atomic E-state index is -0.347. The van der Waals surface area contributed by atoms with Crippen LogP contribution in [0.3, 0.4) is 0 Å². The first-order chi connectivity index (χ1) is 11.0. The Hall–Kier alpha value is -2.20. The van der Waals surface area contributed by atoms with Crippen LogP contribution >= 0.6 is 15.9 Å². The molecule has 4 heteroatoms. The molecule has 3 nitrogen and oxygen atoms in total. The summed E-state index contributed by atoms with van der Waals surface area (Å²) in [7, 11) is 1.40. The van der Waals surface area contributed by atoms with Crippen LogP contribution in [0, 0.1) is 13.8 Å². The van der Waals surface area contributed by atoms with Gasteiger partial charge in [0.25, 0.3) is 0 Å². The van der Waals surface area contributed by atoms with E-state index in [1.807, 2.05) is 44.2 Å². The molecule has 116 valence electrons. The summed E-state index contributed by atoms with van der Waals surface area (Å²) in [4.78, 5) is 17.0. The summed E-state index contributed by atoms with van der Waals surface area (Å²) in [5.74, 6) is -0.347. The number of carbonyl (C=O) groups excluding carboxylic acids is 1. The third-order valence-corrected chi connectivity index (χ3v) is 4.32. The number of pyridine rings is 1. The molecule has 0 bridgehead atoms. The first-order valence-corrected chi connectivity index (χ1v) is 8.05. The lowest BCUT2D eigenvalue weighted by Crippen LogP contribution is -2.04. The quantitative estimate of drug-likeness (QED) is 0.592. The fourth-order valence-corrected chi connectivity index (χ4v) is 2.99. The van der Waals surface area contributed by atoms with Gasteiger partial charge in [0.15, 0.2) is 0 Å². The van der Waals surface area contributed by atoms with Gasteiger partial charge in [-0.1, -0.05) is 39.7 Å². The number of hydrogen-bond acceptors (Lipinski definition) is 3. The Bertz CT molecular complexity index is 901. The third kappa shape index (κ3) is 2.99. The van der Waals surface area contributed by atoms with Gasteiger partial charge in [0.1, 0.15) is 0 Å². The van der Waals surface area contributed by atoms with Crippen molar-refractivity contribution in [3.8, 4) is 11.3 Å². The van der Waals surface area contributed by atoms with Gasteiger partial charge >= 0.3 is 5.97 Å². The van der Waals surface area contributed by atoms with Crippen molar-refractivity contribution in [3.63, 3.8) is 0 Å². The smallest absolute Gasteiger partial charge is 0.338 e. The number of benzene rings is 2. The number of rotatable bonds is 2. The molecule has 3 rings (SSSR count). The number of hydrogen-bond donors (Lipinski definition) is 0. The van der Waals surface area contributed by atoms with Crippen LogP contribution in [0.4, 0.5) is 0 Å². The molecular weight excluding hydrogens is 354 g/mol. The van der Waals surface area contributed by atoms with Crippen LogP contribution in [0.2, 0.25) is 0 Å². The Morgan fingerprint density at radius 3 is 2.43 bits per heavy atom. The summed E-state index contributed by atoms with van der Waals surface area (Å²) in [5.41, 5.74) is 5.23. The number of ether oxygens (including phenoxy) is 1. The number of carbonyl (C=O) groups is 1. The number of esters is 1. The summed E-state index contributed by atoms with van der Waals surface area (Å²) in [5, 5.41) is 0.829. The van der Waals surface area contributed by atoms with Gasteiger partial charge in [-0.25, -0.2) is 9.78 Å². The maximum Gasteiger partial charge on any atom is 0.338 e. The monoisotopic (exact) mass is 369 g/mol. The van der Waals surface area contributed by atoms with E-state index in [0.717, 1.165) is 37.8 Å². The van der Waals surface area contributed by atoms with Crippen molar-refractivity contribution >= 4 is 32.8 Å². The number of halogens is 1. The zero-order valence-electron chi connectivity index (χ0n) is 13.2. The van der Waals surface area contributed by atoms with Crippen LogP contribution in [0.1, 0.15) is 21.5 Å². The molecule has 0 amide bonds. The zero-order chi connectivity index (χ0) is 16.6. The summed E-state index contributed by atoms with van der Waals surface area (Å²) in [6.07, 6.45) is 0. The van der Waals surface area contributed by atoms with Crippen molar-refractivity contribution in [2.24, 2.45) is 0 Å². The van der Waals surface area contributed by atoms with Crippen LogP contribution in [0.5, 0.6) is 0 Å². The van der Waals surface area contributed by atoms with Gasteiger partial charge in [0, 0.05) is 15.4 Å². The van der Waals surface area contributed by atoms with Crippen molar-refractivity contribution in [1.29, 1.82) is 0 Å². The van der Waals surface area contributed by atoms with Crippen LogP contribution in [0.25, 0.3) is 22.2 Å². The standard InChI is InChI=1S/C19H16BrNO2/c1-11-8-12(2)18-15(9-11)16(19(22)23-3)10-17(21-18)13-4-6-14(20)7-5-13/h4-10H,1-3H3. The lowest BCUT2D eigenvalue weighted by atomic mass is 10.00. The average molecular weight is 370 g/mol. The fraction of sp³-hybridized carbons (Fsp3) is 0.158. The third-order valence-electron chi connectivity index (χ3n) is 3.79. The summed E-state index contributed by atoms with van der Waals surface area (Å²) in [6, 6.07) is 13.7. The highest BCUT2D eigenvalue weighted by atomic mass is 79.9. The molecule has 1 aromatic heterocycles. The molecule has 3 aromatic rings. The topological polar surface area (TPSA) is 39.2 Å². The van der Waals surface area contributed by atoms with E-state index in [0.29, 0.717) is 5.56 Å². The largest absolute Gasteiger partial charge is 0.465 e. The van der Waals surface area contributed by atoms with E-state index < -0.39 is 0 Å². The second-order valence-electron chi connectivity index (χ2n) is 5.53. The Morgan fingerprint density at radius 2 is 1.78 bits per heavy atom. The van der Waals surface area contributed by atoms with Gasteiger partial charge in [-0.3, -0.25) is 0 Å². The van der Waals surface area contributed by atoms with E-state index in [2.05, 4.69) is 22.0 Å². The van der Waals surface area contributed by atoms with E-state index in [1.165, 1.54) is 7.11 Å². The number of methoxy groups -OCH3 is 1. The number of aromatic nitrogens is 1. The first-order valence-electron chi connectivity index (χ1n) is 7.26. The highest BCUT2D eigenvalue weighted by molar-refractivity contribution is 9.10. The molecule has 2 aromatic carbocycles. The van der Waals surface area contributed by atoms with Gasteiger partial charge in [0.2, 0.25) is 0 Å². The number of aryl methyl sites for hydroxylation is 2. The molecule has 1 heterocycles. The molecule has 0 fully saturated rings. The lowest BCUT2D eigenvalue weighted by molar-refractivity contribution is 0.0603. The molecule has 0 N–H and O–H groups in total. The number of nitrogens with zero attached hydrogens (tertiary/aromatic N) is 1. The molecular formula is C19H16BrNO2. The maximum absolute atomic E-state index is 12.2. The molecule has 0 aliphatic heterocycles. The SMILES string of the molecule is COC(=O)c1cc(-c2ccc(Br)cc2)nc2c(C)cc(C)cc12. The van der Waals surface area contributed by atoms with Crippen molar-refractivity contribution < 1.29 is 9.53 Å². The molecule has 0 atom stereocenters. The normalized spacial score (nSPS) is 10.8. The highest BCUT2D eigenvalue weighted by Gasteiger charge is 2.16. The van der Waals surface area contributed by atoms with E-state index in [1.54, 1.807) is 6.07 Å². The van der Waals surface area contributed by atoms with Crippen molar-refractivity contribution in [2.45, 2.75) is 13.8 Å². The summed E-state index contributed by atoms with van der Waals surface area (Å²) >= 11 is 3.43. The van der Waals surface area contributed by atoms with Gasteiger partial charge in [-0.05, 0) is 43.7 Å². The van der Waals surface area contributed by atoms with E-state index in [9.17, 15) is 4.79 Å². The minimum Gasteiger partial charge on any atom is -0.465 e. The van der Waals surface area contributed by atoms with Gasteiger partial charge in [-0.15, -0.1) is 0 Å². The molecule has 0 unspecified atom stereocenters. The van der Waals surface area contributed by atoms with Crippen molar-refractivity contribution in [2.75, 3.05) is 7.11 Å². The Balaban J connectivity index is 2.33. The van der Waals surface area contributed by atoms with Gasteiger partial charge < -0.3 is 4.74 Å². The molecule has 0 saturated heterocycles. The zero-order valence-corrected chi connectivity index (χ0v) is 14.8. The van der Waals surface area contributed by atoms with Crippen LogP contribution in [-0.2, 0) is 4.74 Å². The maximum atomic E-state index is 12.2. The van der Waals surface area contributed by atoms with E-state index in [-0.39, 0.29) is 5.97 Å². The summed E-state index contributed by atoms with van der Waals surface area (Å²) < 4.78 is 5.96. The van der Waals surface area contributed by atoms with E-state index in [4.69, 9.17) is 9.72 Å². The van der Waals surface area contributed by atoms with Crippen molar-refractivity contribution in [3.05, 3.63) is 63.6 Å². The Morgan fingerprint density at radius 1 is 1.09 bits per heavy atom. The molecule has 0 radical (unpaired) electrons. The predicted octanol–water partition coefficient (Wildman–Crippen LogP) is 5.07. The second-order valence-corrected chi connectivity index (χ2v) is 6.45. The Kier molecular flexibility index (Phi) is 4.18. The minimum absolute atomic E-state index is 0.347. The first kappa shape index (κ1) is 15.7. The lowest BCUT2D eigenvalue weighted by Gasteiger charge is -2.11. The molecule has 0 aliphatic carbocycles. The molecule has 0 spiro atoms. The van der Waals surface area contributed by atoms with Crippen LogP contribution in [0.15, 0.2) is 46.9 Å². The highest BCUT2D eigenvalue weighted by Crippen LogP contribution is 2.29. The van der Waals surface area contributed by atoms with Gasteiger partial charge in [-0.2, -0.15) is 0 Å². The second kappa shape index (κ2) is 6.13. The summed E-state index contributed by atoms with van der Waals surface area (Å²) in [6.45, 7) is 4.02. The Labute approximate surface area is 143 Å². The number of fused-ring (bicyclic) bond motifs is 1. The predicted molar refractivity (Wildman–Crippen MR) is 95.7 cm³/mol. The van der Waals surface area contributed by atoms with Crippen molar-refractivity contribution in [1.82, 2.24) is 4.98 Å². The fourth-order valence-electron chi connectivity index (χ4n) is 2.73. The molecule has 0 aliphatic rings. The molecule has 23 heavy (non-hydrogen) atoms.